The zero-order valence-corrected chi connectivity index (χ0v) is 9.28. The largest absolute Gasteiger partial charge is 0.497 e. The van der Waals surface area contributed by atoms with Gasteiger partial charge in [-0.2, -0.15) is 0 Å². The van der Waals surface area contributed by atoms with Crippen molar-refractivity contribution in [3.63, 3.8) is 0 Å². The van der Waals surface area contributed by atoms with Gasteiger partial charge in [0.2, 0.25) is 0 Å². The van der Waals surface area contributed by atoms with E-state index in [4.69, 9.17) is 10.5 Å². The van der Waals surface area contributed by atoms with Gasteiger partial charge in [-0.25, -0.2) is 0 Å². The molecule has 0 radical (unpaired) electrons. The van der Waals surface area contributed by atoms with Crippen molar-refractivity contribution in [3.05, 3.63) is 29.8 Å². The molecule has 0 aliphatic heterocycles. The molecule has 15 heavy (non-hydrogen) atoms. The van der Waals surface area contributed by atoms with Crippen LogP contribution in [0.4, 0.5) is 0 Å². The molecule has 0 aromatic heterocycles. The fourth-order valence-corrected chi connectivity index (χ4v) is 2.45. The molecule has 0 amide bonds. The minimum atomic E-state index is 0.325. The number of rotatable bonds is 2. The van der Waals surface area contributed by atoms with Crippen LogP contribution >= 0.6 is 0 Å². The molecule has 1 aromatic carbocycles. The van der Waals surface area contributed by atoms with Crippen LogP contribution in [0.5, 0.6) is 5.75 Å². The first kappa shape index (κ1) is 10.5. The first-order chi connectivity index (χ1) is 7.31. The average molecular weight is 205 g/mol. The van der Waals surface area contributed by atoms with Crippen molar-refractivity contribution in [1.29, 1.82) is 0 Å². The Labute approximate surface area is 91.4 Å². The highest BCUT2D eigenvalue weighted by molar-refractivity contribution is 5.31. The third-order valence-corrected chi connectivity index (χ3v) is 3.34. The summed E-state index contributed by atoms with van der Waals surface area (Å²) in [5.41, 5.74) is 7.50. The zero-order valence-electron chi connectivity index (χ0n) is 9.28. The second kappa shape index (κ2) is 4.67. The second-order valence-electron chi connectivity index (χ2n) is 4.33. The highest BCUT2D eigenvalue weighted by atomic mass is 16.5. The summed E-state index contributed by atoms with van der Waals surface area (Å²) in [5, 5.41) is 0. The summed E-state index contributed by atoms with van der Waals surface area (Å²) in [5.74, 6) is 1.46. The minimum Gasteiger partial charge on any atom is -0.497 e. The predicted octanol–water partition coefficient (Wildman–Crippen LogP) is 2.68. The van der Waals surface area contributed by atoms with Crippen molar-refractivity contribution in [2.45, 2.75) is 37.6 Å². The van der Waals surface area contributed by atoms with Crippen LogP contribution in [0.25, 0.3) is 0 Å². The Morgan fingerprint density at radius 1 is 1.27 bits per heavy atom. The van der Waals surface area contributed by atoms with E-state index in [1.165, 1.54) is 24.8 Å². The lowest BCUT2D eigenvalue weighted by Gasteiger charge is -2.29. The maximum atomic E-state index is 6.16. The standard InChI is InChI=1S/C13H19NO/c1-15-11-6-4-5-10(9-11)12-7-2-3-8-13(12)14/h4-6,9,12-13H,2-3,7-8,14H2,1H3/t12-,13-/m0/s1. The first-order valence-electron chi connectivity index (χ1n) is 5.71. The van der Waals surface area contributed by atoms with E-state index in [-0.39, 0.29) is 0 Å². The molecule has 2 heteroatoms. The van der Waals surface area contributed by atoms with E-state index in [1.807, 2.05) is 6.07 Å². The van der Waals surface area contributed by atoms with Gasteiger partial charge in [-0.1, -0.05) is 25.0 Å². The summed E-state index contributed by atoms with van der Waals surface area (Å²) in [4.78, 5) is 0. The van der Waals surface area contributed by atoms with Gasteiger partial charge in [-0.3, -0.25) is 0 Å². The zero-order chi connectivity index (χ0) is 10.7. The molecule has 2 rings (SSSR count). The van der Waals surface area contributed by atoms with Gasteiger partial charge in [0, 0.05) is 6.04 Å². The smallest absolute Gasteiger partial charge is 0.119 e. The van der Waals surface area contributed by atoms with Gasteiger partial charge >= 0.3 is 0 Å². The van der Waals surface area contributed by atoms with Gasteiger partial charge in [0.25, 0.3) is 0 Å². The molecular weight excluding hydrogens is 186 g/mol. The number of ether oxygens (including phenoxy) is 1. The summed E-state index contributed by atoms with van der Waals surface area (Å²) >= 11 is 0. The molecule has 1 saturated carbocycles. The molecule has 1 fully saturated rings. The molecule has 0 saturated heterocycles. The van der Waals surface area contributed by atoms with Crippen molar-refractivity contribution in [2.24, 2.45) is 5.73 Å². The third-order valence-electron chi connectivity index (χ3n) is 3.34. The van der Waals surface area contributed by atoms with Crippen LogP contribution in [0, 0.1) is 0 Å². The van der Waals surface area contributed by atoms with Gasteiger partial charge in [-0.05, 0) is 36.5 Å². The molecule has 0 heterocycles. The Morgan fingerprint density at radius 3 is 2.80 bits per heavy atom. The maximum Gasteiger partial charge on any atom is 0.119 e. The lowest BCUT2D eigenvalue weighted by atomic mass is 9.80. The van der Waals surface area contributed by atoms with Crippen molar-refractivity contribution in [1.82, 2.24) is 0 Å². The maximum absolute atomic E-state index is 6.16. The van der Waals surface area contributed by atoms with E-state index in [0.717, 1.165) is 12.2 Å². The Bertz CT molecular complexity index is 324. The van der Waals surface area contributed by atoms with E-state index in [2.05, 4.69) is 18.2 Å². The molecule has 1 aliphatic rings. The quantitative estimate of drug-likeness (QED) is 0.805. The van der Waals surface area contributed by atoms with E-state index >= 15 is 0 Å². The fourth-order valence-electron chi connectivity index (χ4n) is 2.45. The highest BCUT2D eigenvalue weighted by Gasteiger charge is 2.23. The van der Waals surface area contributed by atoms with Gasteiger partial charge in [0.05, 0.1) is 7.11 Å². The molecule has 0 spiro atoms. The van der Waals surface area contributed by atoms with Crippen molar-refractivity contribution >= 4 is 0 Å². The molecule has 2 nitrogen and oxygen atoms in total. The number of hydrogen-bond acceptors (Lipinski definition) is 2. The van der Waals surface area contributed by atoms with Crippen LogP contribution in [0.2, 0.25) is 0 Å². The summed E-state index contributed by atoms with van der Waals surface area (Å²) in [6.45, 7) is 0. The molecule has 1 aliphatic carbocycles. The average Bonchev–Trinajstić information content (AvgIpc) is 2.30. The van der Waals surface area contributed by atoms with Crippen LogP contribution in [0.3, 0.4) is 0 Å². The van der Waals surface area contributed by atoms with Gasteiger partial charge in [0.15, 0.2) is 0 Å². The van der Waals surface area contributed by atoms with Crippen LogP contribution in [0.15, 0.2) is 24.3 Å². The van der Waals surface area contributed by atoms with E-state index in [0.29, 0.717) is 12.0 Å². The summed E-state index contributed by atoms with van der Waals surface area (Å²) in [6.07, 6.45) is 4.95. The third kappa shape index (κ3) is 2.32. The molecule has 0 unspecified atom stereocenters. The molecule has 82 valence electrons. The number of benzene rings is 1. The number of methoxy groups -OCH3 is 1. The topological polar surface area (TPSA) is 35.2 Å². The predicted molar refractivity (Wildman–Crippen MR) is 62.2 cm³/mol. The Balaban J connectivity index is 2.19. The van der Waals surface area contributed by atoms with Crippen LogP contribution < -0.4 is 10.5 Å². The monoisotopic (exact) mass is 205 g/mol. The highest BCUT2D eigenvalue weighted by Crippen LogP contribution is 2.33. The fraction of sp³-hybridized carbons (Fsp3) is 0.538. The SMILES string of the molecule is COc1cccc([C@@H]2CCCC[C@@H]2N)c1. The van der Waals surface area contributed by atoms with Crippen molar-refractivity contribution in [3.8, 4) is 5.75 Å². The van der Waals surface area contributed by atoms with Crippen LogP contribution in [0.1, 0.15) is 37.2 Å². The van der Waals surface area contributed by atoms with Crippen molar-refractivity contribution in [2.75, 3.05) is 7.11 Å². The lowest BCUT2D eigenvalue weighted by molar-refractivity contribution is 0.381. The summed E-state index contributed by atoms with van der Waals surface area (Å²) < 4.78 is 5.24. The molecular formula is C13H19NO. The van der Waals surface area contributed by atoms with Crippen LogP contribution in [-0.4, -0.2) is 13.2 Å². The Kier molecular flexibility index (Phi) is 3.27. The molecule has 0 bridgehead atoms. The second-order valence-corrected chi connectivity index (χ2v) is 4.33. The van der Waals surface area contributed by atoms with E-state index in [9.17, 15) is 0 Å². The normalized spacial score (nSPS) is 26.3. The number of nitrogens with two attached hydrogens (primary N) is 1. The molecule has 1 aromatic rings. The lowest BCUT2D eigenvalue weighted by Crippen LogP contribution is -2.31. The Hall–Kier alpha value is -1.02. The van der Waals surface area contributed by atoms with E-state index < -0.39 is 0 Å². The van der Waals surface area contributed by atoms with Crippen molar-refractivity contribution < 1.29 is 4.74 Å². The summed E-state index contributed by atoms with van der Waals surface area (Å²) in [7, 11) is 1.71. The minimum absolute atomic E-state index is 0.325. The Morgan fingerprint density at radius 2 is 2.07 bits per heavy atom. The summed E-state index contributed by atoms with van der Waals surface area (Å²) in [6, 6.07) is 8.65. The van der Waals surface area contributed by atoms with Crippen LogP contribution in [-0.2, 0) is 0 Å². The van der Waals surface area contributed by atoms with Gasteiger partial charge in [0.1, 0.15) is 5.75 Å². The molecule has 2 N–H and O–H groups in total. The van der Waals surface area contributed by atoms with E-state index in [1.54, 1.807) is 7.11 Å². The van der Waals surface area contributed by atoms with Gasteiger partial charge in [-0.15, -0.1) is 0 Å². The number of hydrogen-bond donors (Lipinski definition) is 1. The first-order valence-corrected chi connectivity index (χ1v) is 5.71. The molecule has 2 atom stereocenters. The van der Waals surface area contributed by atoms with Gasteiger partial charge < -0.3 is 10.5 Å².